The van der Waals surface area contributed by atoms with Crippen LogP contribution in [0.1, 0.15) is 12.8 Å². The Hall–Kier alpha value is -1.90. The van der Waals surface area contributed by atoms with Crippen LogP contribution in [-0.4, -0.2) is 68.8 Å². The minimum absolute atomic E-state index is 0.0972. The minimum Gasteiger partial charge on any atom is -0.475 e. The number of methoxy groups -OCH3 is 1. The van der Waals surface area contributed by atoms with Gasteiger partial charge in [0.1, 0.15) is 6.61 Å². The van der Waals surface area contributed by atoms with Gasteiger partial charge < -0.3 is 29.2 Å². The summed E-state index contributed by atoms with van der Waals surface area (Å²) in [6.45, 7) is 3.69. The van der Waals surface area contributed by atoms with Gasteiger partial charge in [-0.15, -0.1) is 0 Å². The van der Waals surface area contributed by atoms with Crippen molar-refractivity contribution in [3.05, 3.63) is 18.3 Å². The molecule has 0 unspecified atom stereocenters. The summed E-state index contributed by atoms with van der Waals surface area (Å²) >= 11 is 0. The van der Waals surface area contributed by atoms with E-state index in [9.17, 15) is 4.79 Å². The molecule has 1 N–H and O–H groups in total. The molecule has 2 aliphatic heterocycles. The van der Waals surface area contributed by atoms with Gasteiger partial charge in [-0.1, -0.05) is 0 Å². The lowest BCUT2D eigenvalue weighted by molar-refractivity contribution is -0.0950. The van der Waals surface area contributed by atoms with Crippen LogP contribution in [0.3, 0.4) is 0 Å². The molecule has 2 saturated heterocycles. The Morgan fingerprint density at radius 1 is 1.28 bits per heavy atom. The molecule has 8 heteroatoms. The molecule has 2 fully saturated rings. The van der Waals surface area contributed by atoms with E-state index in [0.29, 0.717) is 57.0 Å². The van der Waals surface area contributed by atoms with E-state index in [2.05, 4.69) is 10.3 Å². The van der Waals surface area contributed by atoms with E-state index in [1.54, 1.807) is 25.4 Å². The van der Waals surface area contributed by atoms with Crippen LogP contribution < -0.4 is 10.1 Å². The summed E-state index contributed by atoms with van der Waals surface area (Å²) in [5, 5.41) is 2.87. The normalized spacial score (nSPS) is 19.2. The molecule has 3 heterocycles. The first-order chi connectivity index (χ1) is 12.3. The number of urea groups is 1. The van der Waals surface area contributed by atoms with E-state index in [1.807, 2.05) is 4.90 Å². The lowest BCUT2D eigenvalue weighted by Crippen LogP contribution is -2.43. The van der Waals surface area contributed by atoms with Crippen molar-refractivity contribution in [2.24, 2.45) is 5.92 Å². The molecule has 138 valence electrons. The van der Waals surface area contributed by atoms with Crippen molar-refractivity contribution in [2.45, 2.75) is 19.1 Å². The molecule has 0 aromatic carbocycles. The van der Waals surface area contributed by atoms with Crippen LogP contribution >= 0.6 is 0 Å². The summed E-state index contributed by atoms with van der Waals surface area (Å²) in [6.07, 6.45) is 3.28. The van der Waals surface area contributed by atoms with Crippen LogP contribution in [0.25, 0.3) is 0 Å². The van der Waals surface area contributed by atoms with E-state index in [4.69, 9.17) is 18.9 Å². The van der Waals surface area contributed by atoms with Crippen LogP contribution in [0.5, 0.6) is 5.88 Å². The standard InChI is InChI=1S/C17H25N3O5/c1-22-8-9-23-15-3-2-14(12-18-15)19-17(21)20-6-4-13(5-7-20)16-24-10-11-25-16/h2-3,12-13,16H,4-11H2,1H3,(H,19,21). The van der Waals surface area contributed by atoms with E-state index < -0.39 is 0 Å². The number of pyridine rings is 1. The molecule has 2 amide bonds. The van der Waals surface area contributed by atoms with Crippen molar-refractivity contribution < 1.29 is 23.7 Å². The summed E-state index contributed by atoms with van der Waals surface area (Å²) in [4.78, 5) is 18.4. The Balaban J connectivity index is 1.43. The van der Waals surface area contributed by atoms with Crippen molar-refractivity contribution in [3.63, 3.8) is 0 Å². The van der Waals surface area contributed by atoms with Crippen LogP contribution in [0.15, 0.2) is 18.3 Å². The Labute approximate surface area is 147 Å². The third-order valence-electron chi connectivity index (χ3n) is 4.38. The second-order valence-electron chi connectivity index (χ2n) is 6.09. The minimum atomic E-state index is -0.110. The third-order valence-corrected chi connectivity index (χ3v) is 4.38. The van der Waals surface area contributed by atoms with Gasteiger partial charge in [0, 0.05) is 32.2 Å². The topological polar surface area (TPSA) is 82.2 Å². The zero-order chi connectivity index (χ0) is 17.5. The number of anilines is 1. The molecule has 25 heavy (non-hydrogen) atoms. The molecule has 3 rings (SSSR count). The number of nitrogens with zero attached hydrogens (tertiary/aromatic N) is 2. The molecule has 0 bridgehead atoms. The van der Waals surface area contributed by atoms with Crippen molar-refractivity contribution in [1.82, 2.24) is 9.88 Å². The molecule has 0 saturated carbocycles. The Morgan fingerprint density at radius 3 is 2.68 bits per heavy atom. The lowest BCUT2D eigenvalue weighted by atomic mass is 9.96. The number of likely N-dealkylation sites (tertiary alicyclic amines) is 1. The number of piperidine rings is 1. The second-order valence-corrected chi connectivity index (χ2v) is 6.09. The highest BCUT2D eigenvalue weighted by Crippen LogP contribution is 2.26. The number of rotatable bonds is 6. The first kappa shape index (κ1) is 17.9. The van der Waals surface area contributed by atoms with Crippen molar-refractivity contribution in [2.75, 3.05) is 51.9 Å². The smallest absolute Gasteiger partial charge is 0.321 e. The maximum atomic E-state index is 12.4. The first-order valence-electron chi connectivity index (χ1n) is 8.63. The monoisotopic (exact) mass is 351 g/mol. The van der Waals surface area contributed by atoms with E-state index in [0.717, 1.165) is 12.8 Å². The summed E-state index contributed by atoms with van der Waals surface area (Å²) in [5.74, 6) is 0.879. The predicted molar refractivity (Wildman–Crippen MR) is 90.6 cm³/mol. The number of ether oxygens (including phenoxy) is 4. The molecular formula is C17H25N3O5. The molecule has 8 nitrogen and oxygen atoms in total. The highest BCUT2D eigenvalue weighted by atomic mass is 16.7. The first-order valence-corrected chi connectivity index (χ1v) is 8.63. The van der Waals surface area contributed by atoms with Crippen LogP contribution in [0, 0.1) is 5.92 Å². The lowest BCUT2D eigenvalue weighted by Gasteiger charge is -2.33. The number of carbonyl (C=O) groups excluding carboxylic acids is 1. The van der Waals surface area contributed by atoms with Gasteiger partial charge in [-0.2, -0.15) is 0 Å². The quantitative estimate of drug-likeness (QED) is 0.786. The average Bonchev–Trinajstić information content (AvgIpc) is 3.18. The maximum Gasteiger partial charge on any atom is 0.321 e. The summed E-state index contributed by atoms with van der Waals surface area (Å²) in [7, 11) is 1.62. The molecule has 0 atom stereocenters. The molecule has 1 aromatic rings. The largest absolute Gasteiger partial charge is 0.475 e. The van der Waals surface area contributed by atoms with Gasteiger partial charge in [-0.3, -0.25) is 0 Å². The summed E-state index contributed by atoms with van der Waals surface area (Å²) in [6, 6.07) is 3.40. The molecule has 1 aromatic heterocycles. The fourth-order valence-corrected chi connectivity index (χ4v) is 3.00. The average molecular weight is 351 g/mol. The number of carbonyl (C=O) groups is 1. The number of hydrogen-bond acceptors (Lipinski definition) is 6. The number of amides is 2. The number of nitrogens with one attached hydrogen (secondary N) is 1. The zero-order valence-corrected chi connectivity index (χ0v) is 14.5. The Bertz CT molecular complexity index is 540. The summed E-state index contributed by atoms with van der Waals surface area (Å²) < 4.78 is 21.4. The number of aromatic nitrogens is 1. The van der Waals surface area contributed by atoms with Crippen LogP contribution in [0.4, 0.5) is 10.5 Å². The predicted octanol–water partition coefficient (Wildman–Crippen LogP) is 1.72. The van der Waals surface area contributed by atoms with Crippen molar-refractivity contribution >= 4 is 11.7 Å². The molecular weight excluding hydrogens is 326 g/mol. The number of hydrogen-bond donors (Lipinski definition) is 1. The molecule has 0 aliphatic carbocycles. The fraction of sp³-hybridized carbons (Fsp3) is 0.647. The van der Waals surface area contributed by atoms with Gasteiger partial charge in [-0.05, 0) is 18.9 Å². The highest BCUT2D eigenvalue weighted by Gasteiger charge is 2.31. The van der Waals surface area contributed by atoms with Gasteiger partial charge in [-0.25, -0.2) is 9.78 Å². The molecule has 2 aliphatic rings. The van der Waals surface area contributed by atoms with Gasteiger partial charge in [0.25, 0.3) is 0 Å². The Morgan fingerprint density at radius 2 is 2.04 bits per heavy atom. The van der Waals surface area contributed by atoms with Crippen molar-refractivity contribution in [3.8, 4) is 5.88 Å². The van der Waals surface area contributed by atoms with Gasteiger partial charge in [0.15, 0.2) is 6.29 Å². The van der Waals surface area contributed by atoms with Crippen LogP contribution in [-0.2, 0) is 14.2 Å². The zero-order valence-electron chi connectivity index (χ0n) is 14.5. The third kappa shape index (κ3) is 5.04. The second kappa shape index (κ2) is 8.98. The highest BCUT2D eigenvalue weighted by molar-refractivity contribution is 5.89. The van der Waals surface area contributed by atoms with Gasteiger partial charge in [0.2, 0.25) is 5.88 Å². The van der Waals surface area contributed by atoms with E-state index in [-0.39, 0.29) is 12.3 Å². The van der Waals surface area contributed by atoms with Gasteiger partial charge >= 0.3 is 6.03 Å². The SMILES string of the molecule is COCCOc1ccc(NC(=O)N2CCC(C3OCCO3)CC2)cn1. The van der Waals surface area contributed by atoms with Crippen molar-refractivity contribution in [1.29, 1.82) is 0 Å². The van der Waals surface area contributed by atoms with E-state index >= 15 is 0 Å². The molecule has 0 spiro atoms. The van der Waals surface area contributed by atoms with E-state index in [1.165, 1.54) is 0 Å². The summed E-state index contributed by atoms with van der Waals surface area (Å²) in [5.41, 5.74) is 0.647. The van der Waals surface area contributed by atoms with Crippen LogP contribution in [0.2, 0.25) is 0 Å². The van der Waals surface area contributed by atoms with Gasteiger partial charge in [0.05, 0.1) is 31.7 Å². The molecule has 0 radical (unpaired) electrons. The maximum absolute atomic E-state index is 12.4. The fourth-order valence-electron chi connectivity index (χ4n) is 3.00. The Kier molecular flexibility index (Phi) is 6.43.